The Hall–Kier alpha value is -1.66. The van der Waals surface area contributed by atoms with Crippen LogP contribution in [0.25, 0.3) is 0 Å². The molecular weight excluding hydrogens is 298 g/mol. The van der Waals surface area contributed by atoms with Crippen molar-refractivity contribution in [2.24, 2.45) is 0 Å². The minimum absolute atomic E-state index is 0.0263. The van der Waals surface area contributed by atoms with Crippen molar-refractivity contribution >= 4 is 23.3 Å². The summed E-state index contributed by atoms with van der Waals surface area (Å²) in [6.07, 6.45) is 0.378. The Labute approximate surface area is 128 Å². The summed E-state index contributed by atoms with van der Waals surface area (Å²) in [5.41, 5.74) is 0.0284. The van der Waals surface area contributed by atoms with E-state index in [9.17, 15) is 14.9 Å². The number of halogens is 1. The number of non-ortho nitro benzene ring substituents is 1. The minimum Gasteiger partial charge on any atom is -0.458 e. The van der Waals surface area contributed by atoms with Gasteiger partial charge in [-0.3, -0.25) is 10.1 Å². The van der Waals surface area contributed by atoms with Gasteiger partial charge >= 0.3 is 5.97 Å². The van der Waals surface area contributed by atoms with E-state index < -0.39 is 16.5 Å². The first-order chi connectivity index (χ1) is 9.69. The van der Waals surface area contributed by atoms with Gasteiger partial charge in [0.25, 0.3) is 5.69 Å². The van der Waals surface area contributed by atoms with Gasteiger partial charge in [-0.1, -0.05) is 11.6 Å². The number of nitro groups is 1. The first-order valence-electron chi connectivity index (χ1n) is 6.41. The minimum atomic E-state index is -0.552. The third-order valence-corrected chi connectivity index (χ3v) is 2.76. The van der Waals surface area contributed by atoms with Gasteiger partial charge in [-0.15, -0.1) is 0 Å². The molecule has 0 spiro atoms. The highest BCUT2D eigenvalue weighted by atomic mass is 35.5. The molecule has 0 saturated heterocycles. The lowest BCUT2D eigenvalue weighted by molar-refractivity contribution is -0.384. The van der Waals surface area contributed by atoms with Crippen LogP contribution in [0, 0.1) is 10.1 Å². The Bertz CT molecular complexity index is 525. The van der Waals surface area contributed by atoms with Crippen LogP contribution in [0.5, 0.6) is 0 Å². The van der Waals surface area contributed by atoms with Gasteiger partial charge in [0.15, 0.2) is 0 Å². The Kier molecular flexibility index (Phi) is 6.11. The normalized spacial score (nSPS) is 11.2. The van der Waals surface area contributed by atoms with E-state index in [2.05, 4.69) is 0 Å². The van der Waals surface area contributed by atoms with Crippen LogP contribution < -0.4 is 0 Å². The molecule has 21 heavy (non-hydrogen) atoms. The number of esters is 1. The molecular formula is C14H18ClNO5. The van der Waals surface area contributed by atoms with Crippen molar-refractivity contribution in [2.75, 3.05) is 13.2 Å². The number of hydrogen-bond acceptors (Lipinski definition) is 5. The van der Waals surface area contributed by atoms with Crippen LogP contribution in [-0.4, -0.2) is 29.7 Å². The van der Waals surface area contributed by atoms with Crippen molar-refractivity contribution in [2.45, 2.75) is 32.8 Å². The molecule has 0 bridgehead atoms. The summed E-state index contributed by atoms with van der Waals surface area (Å²) >= 11 is 5.96. The molecule has 0 amide bonds. The van der Waals surface area contributed by atoms with Crippen molar-refractivity contribution in [3.63, 3.8) is 0 Å². The van der Waals surface area contributed by atoms with Gasteiger partial charge < -0.3 is 9.47 Å². The summed E-state index contributed by atoms with van der Waals surface area (Å²) < 4.78 is 10.3. The third-order valence-electron chi connectivity index (χ3n) is 2.40. The standard InChI is InChI=1S/C14H18ClNO5/c1-14(2,3)21-13(17)9-20-7-6-10-8-11(16(18)19)4-5-12(10)15/h4-5,8H,6-7,9H2,1-3H3. The Morgan fingerprint density at radius 2 is 2.05 bits per heavy atom. The number of benzene rings is 1. The zero-order valence-corrected chi connectivity index (χ0v) is 13.0. The van der Waals surface area contributed by atoms with Crippen LogP contribution in [0.2, 0.25) is 5.02 Å². The molecule has 0 atom stereocenters. The van der Waals surface area contributed by atoms with E-state index in [1.54, 1.807) is 20.8 Å². The fourth-order valence-electron chi connectivity index (χ4n) is 1.57. The average Bonchev–Trinajstić information content (AvgIpc) is 2.34. The SMILES string of the molecule is CC(C)(C)OC(=O)COCCc1cc([N+](=O)[O-])ccc1Cl. The van der Waals surface area contributed by atoms with Gasteiger partial charge in [-0.05, 0) is 38.8 Å². The summed E-state index contributed by atoms with van der Waals surface area (Å²) in [6, 6.07) is 4.22. The summed E-state index contributed by atoms with van der Waals surface area (Å²) in [5, 5.41) is 11.1. The molecule has 1 aromatic carbocycles. The molecule has 0 aliphatic carbocycles. The highest BCUT2D eigenvalue weighted by molar-refractivity contribution is 6.31. The van der Waals surface area contributed by atoms with Crippen LogP contribution in [0.3, 0.4) is 0 Å². The zero-order chi connectivity index (χ0) is 16.0. The van der Waals surface area contributed by atoms with Crippen molar-refractivity contribution in [1.82, 2.24) is 0 Å². The average molecular weight is 316 g/mol. The largest absolute Gasteiger partial charge is 0.458 e. The highest BCUT2D eigenvalue weighted by Crippen LogP contribution is 2.22. The van der Waals surface area contributed by atoms with Crippen LogP contribution in [0.15, 0.2) is 18.2 Å². The van der Waals surface area contributed by atoms with Gasteiger partial charge in [0.1, 0.15) is 12.2 Å². The maximum absolute atomic E-state index is 11.4. The lowest BCUT2D eigenvalue weighted by atomic mass is 10.1. The predicted molar refractivity (Wildman–Crippen MR) is 78.5 cm³/mol. The number of carbonyl (C=O) groups is 1. The summed E-state index contributed by atoms with van der Waals surface area (Å²) in [7, 11) is 0. The number of nitro benzene ring substituents is 1. The Morgan fingerprint density at radius 1 is 1.38 bits per heavy atom. The van der Waals surface area contributed by atoms with Crippen molar-refractivity contribution in [3.05, 3.63) is 38.9 Å². The van der Waals surface area contributed by atoms with Gasteiger partial charge in [0, 0.05) is 17.2 Å². The van der Waals surface area contributed by atoms with Gasteiger partial charge in [-0.2, -0.15) is 0 Å². The smallest absolute Gasteiger partial charge is 0.332 e. The summed E-state index contributed by atoms with van der Waals surface area (Å²) in [6.45, 7) is 5.37. The molecule has 116 valence electrons. The number of ether oxygens (including phenoxy) is 2. The van der Waals surface area contributed by atoms with Gasteiger partial charge in [0.05, 0.1) is 11.5 Å². The molecule has 0 N–H and O–H groups in total. The third kappa shape index (κ3) is 6.55. The second-order valence-electron chi connectivity index (χ2n) is 5.42. The molecule has 7 heteroatoms. The molecule has 0 unspecified atom stereocenters. The Balaban J connectivity index is 2.44. The maximum atomic E-state index is 11.4. The molecule has 0 aromatic heterocycles. The number of nitrogens with zero attached hydrogens (tertiary/aromatic N) is 1. The van der Waals surface area contributed by atoms with E-state index in [1.165, 1.54) is 18.2 Å². The quantitative estimate of drug-likeness (QED) is 0.349. The fourth-order valence-corrected chi connectivity index (χ4v) is 1.79. The van der Waals surface area contributed by atoms with Gasteiger partial charge in [-0.25, -0.2) is 4.79 Å². The van der Waals surface area contributed by atoms with E-state index >= 15 is 0 Å². The topological polar surface area (TPSA) is 78.7 Å². The van der Waals surface area contributed by atoms with E-state index in [-0.39, 0.29) is 18.9 Å². The zero-order valence-electron chi connectivity index (χ0n) is 12.2. The molecule has 0 heterocycles. The van der Waals surface area contributed by atoms with Crippen LogP contribution in [0.1, 0.15) is 26.3 Å². The van der Waals surface area contributed by atoms with E-state index in [0.717, 1.165) is 0 Å². The van der Waals surface area contributed by atoms with E-state index in [0.29, 0.717) is 17.0 Å². The Morgan fingerprint density at radius 3 is 2.62 bits per heavy atom. The molecule has 0 fully saturated rings. The second-order valence-corrected chi connectivity index (χ2v) is 5.83. The maximum Gasteiger partial charge on any atom is 0.332 e. The molecule has 0 radical (unpaired) electrons. The van der Waals surface area contributed by atoms with Crippen molar-refractivity contribution in [1.29, 1.82) is 0 Å². The first kappa shape index (κ1) is 17.4. The number of carbonyl (C=O) groups excluding carboxylic acids is 1. The molecule has 0 saturated carbocycles. The van der Waals surface area contributed by atoms with Gasteiger partial charge in [0.2, 0.25) is 0 Å². The highest BCUT2D eigenvalue weighted by Gasteiger charge is 2.16. The lowest BCUT2D eigenvalue weighted by Gasteiger charge is -2.19. The number of hydrogen-bond donors (Lipinski definition) is 0. The molecule has 0 aliphatic rings. The second kappa shape index (κ2) is 7.38. The predicted octanol–water partition coefficient (Wildman–Crippen LogP) is 3.15. The molecule has 6 nitrogen and oxygen atoms in total. The fraction of sp³-hybridized carbons (Fsp3) is 0.500. The van der Waals surface area contributed by atoms with E-state index in [4.69, 9.17) is 21.1 Å². The van der Waals surface area contributed by atoms with Crippen molar-refractivity contribution in [3.8, 4) is 0 Å². The van der Waals surface area contributed by atoms with E-state index in [1.807, 2.05) is 0 Å². The summed E-state index contributed by atoms with van der Waals surface area (Å²) in [5.74, 6) is -0.451. The lowest BCUT2D eigenvalue weighted by Crippen LogP contribution is -2.26. The molecule has 0 aliphatic heterocycles. The first-order valence-corrected chi connectivity index (χ1v) is 6.79. The van der Waals surface area contributed by atoms with Crippen LogP contribution >= 0.6 is 11.6 Å². The monoisotopic (exact) mass is 315 g/mol. The summed E-state index contributed by atoms with van der Waals surface area (Å²) in [4.78, 5) is 21.6. The van der Waals surface area contributed by atoms with Crippen LogP contribution in [0.4, 0.5) is 5.69 Å². The number of rotatable bonds is 6. The van der Waals surface area contributed by atoms with Crippen LogP contribution in [-0.2, 0) is 20.7 Å². The van der Waals surface area contributed by atoms with Crippen molar-refractivity contribution < 1.29 is 19.2 Å². The molecule has 1 aromatic rings. The molecule has 1 rings (SSSR count).